The van der Waals surface area contributed by atoms with Crippen molar-refractivity contribution in [2.45, 2.75) is 83.8 Å². The van der Waals surface area contributed by atoms with Crippen LogP contribution in [0.2, 0.25) is 0 Å². The zero-order valence-corrected chi connectivity index (χ0v) is 14.3. The number of rotatable bonds is 8. The largest absolute Gasteiger partial charge is 0.388 e. The Morgan fingerprint density at radius 3 is 2.32 bits per heavy atom. The van der Waals surface area contributed by atoms with Gasteiger partial charge in [0.15, 0.2) is 0 Å². The average Bonchev–Trinajstić information content (AvgIpc) is 2.53. The minimum atomic E-state index is -0.829. The van der Waals surface area contributed by atoms with Crippen LogP contribution >= 0.6 is 0 Å². The Kier molecular flexibility index (Phi) is 7.87. The molecule has 0 aromatic carbocycles. The molecule has 0 aromatic heterocycles. The highest BCUT2D eigenvalue weighted by atomic mass is 16.3. The number of aliphatic hydroxyl groups is 1. The first-order chi connectivity index (χ1) is 10.4. The van der Waals surface area contributed by atoms with Crippen molar-refractivity contribution < 1.29 is 14.7 Å². The van der Waals surface area contributed by atoms with Crippen LogP contribution in [0.15, 0.2) is 0 Å². The summed E-state index contributed by atoms with van der Waals surface area (Å²) in [5.41, 5.74) is -0.829. The highest BCUT2D eigenvalue weighted by Crippen LogP contribution is 2.23. The van der Waals surface area contributed by atoms with Gasteiger partial charge in [-0.1, -0.05) is 33.1 Å². The Bertz CT molecular complexity index is 361. The average molecular weight is 312 g/mol. The maximum absolute atomic E-state index is 12.1. The van der Waals surface area contributed by atoms with Gasteiger partial charge in [-0.2, -0.15) is 0 Å². The van der Waals surface area contributed by atoms with Crippen molar-refractivity contribution in [3.63, 3.8) is 0 Å². The van der Waals surface area contributed by atoms with Gasteiger partial charge < -0.3 is 15.7 Å². The van der Waals surface area contributed by atoms with Crippen molar-refractivity contribution >= 4 is 11.8 Å². The lowest BCUT2D eigenvalue weighted by Gasteiger charge is -2.26. The summed E-state index contributed by atoms with van der Waals surface area (Å²) in [5, 5.41) is 15.9. The second kappa shape index (κ2) is 9.13. The molecule has 1 aliphatic rings. The first-order valence-electron chi connectivity index (χ1n) is 8.69. The molecule has 1 aliphatic carbocycles. The summed E-state index contributed by atoms with van der Waals surface area (Å²) in [4.78, 5) is 24.0. The molecule has 0 heterocycles. The van der Waals surface area contributed by atoms with Gasteiger partial charge in [-0.25, -0.2) is 0 Å². The van der Waals surface area contributed by atoms with E-state index in [0.717, 1.165) is 25.7 Å². The first-order valence-corrected chi connectivity index (χ1v) is 8.69. The van der Waals surface area contributed by atoms with E-state index in [4.69, 9.17) is 0 Å². The molecule has 1 atom stereocenters. The Balaban J connectivity index is 2.30. The third-order valence-electron chi connectivity index (χ3n) is 4.79. The van der Waals surface area contributed by atoms with E-state index in [0.29, 0.717) is 12.8 Å². The molecule has 22 heavy (non-hydrogen) atoms. The van der Waals surface area contributed by atoms with Crippen molar-refractivity contribution in [3.8, 4) is 0 Å². The third kappa shape index (κ3) is 6.34. The van der Waals surface area contributed by atoms with E-state index in [1.54, 1.807) is 0 Å². The fourth-order valence-corrected chi connectivity index (χ4v) is 2.89. The Morgan fingerprint density at radius 2 is 1.77 bits per heavy atom. The molecule has 0 radical (unpaired) electrons. The van der Waals surface area contributed by atoms with Gasteiger partial charge in [0.25, 0.3) is 0 Å². The molecule has 0 spiro atoms. The second-order valence-corrected chi connectivity index (χ2v) is 6.66. The summed E-state index contributed by atoms with van der Waals surface area (Å²) in [6, 6.07) is -0.175. The first kappa shape index (κ1) is 18.9. The van der Waals surface area contributed by atoms with E-state index in [1.807, 2.05) is 20.8 Å². The number of carbonyl (C=O) groups is 2. The molecule has 5 heteroatoms. The SMILES string of the molecule is CCC(O)(CC)CNC(=O)CC(C)NC(=O)C1CCCCC1. The number of amides is 2. The van der Waals surface area contributed by atoms with Crippen LogP contribution in [0.4, 0.5) is 0 Å². The summed E-state index contributed by atoms with van der Waals surface area (Å²) in [6.07, 6.45) is 6.87. The van der Waals surface area contributed by atoms with Crippen molar-refractivity contribution in [2.24, 2.45) is 5.92 Å². The molecule has 1 unspecified atom stereocenters. The van der Waals surface area contributed by atoms with E-state index in [9.17, 15) is 14.7 Å². The van der Waals surface area contributed by atoms with E-state index >= 15 is 0 Å². The second-order valence-electron chi connectivity index (χ2n) is 6.66. The molecule has 1 rings (SSSR count). The Morgan fingerprint density at radius 1 is 1.18 bits per heavy atom. The fourth-order valence-electron chi connectivity index (χ4n) is 2.89. The van der Waals surface area contributed by atoms with Gasteiger partial charge in [-0.15, -0.1) is 0 Å². The summed E-state index contributed by atoms with van der Waals surface area (Å²) < 4.78 is 0. The van der Waals surface area contributed by atoms with E-state index in [-0.39, 0.29) is 36.7 Å². The molecule has 128 valence electrons. The van der Waals surface area contributed by atoms with Crippen LogP contribution in [0.3, 0.4) is 0 Å². The maximum atomic E-state index is 12.1. The number of nitrogens with one attached hydrogen (secondary N) is 2. The molecule has 0 saturated heterocycles. The molecule has 2 amide bonds. The molecule has 5 nitrogen and oxygen atoms in total. The minimum absolute atomic E-state index is 0.0821. The molecular weight excluding hydrogens is 280 g/mol. The number of hydrogen-bond donors (Lipinski definition) is 3. The summed E-state index contributed by atoms with van der Waals surface area (Å²) in [5.74, 6) is 0.0694. The Labute approximate surface area is 134 Å². The number of hydrogen-bond acceptors (Lipinski definition) is 3. The maximum Gasteiger partial charge on any atom is 0.223 e. The smallest absolute Gasteiger partial charge is 0.223 e. The van der Waals surface area contributed by atoms with Gasteiger partial charge in [0.1, 0.15) is 0 Å². The molecular formula is C17H32N2O3. The predicted molar refractivity (Wildman–Crippen MR) is 87.3 cm³/mol. The van der Waals surface area contributed by atoms with Crippen LogP contribution in [0.5, 0.6) is 0 Å². The van der Waals surface area contributed by atoms with Gasteiger partial charge in [0.2, 0.25) is 11.8 Å². The van der Waals surface area contributed by atoms with Crippen LogP contribution in [-0.2, 0) is 9.59 Å². The van der Waals surface area contributed by atoms with Crippen LogP contribution in [0.1, 0.15) is 72.1 Å². The molecule has 1 saturated carbocycles. The molecule has 1 fully saturated rings. The van der Waals surface area contributed by atoms with Gasteiger partial charge in [0, 0.05) is 24.9 Å². The molecule has 0 aliphatic heterocycles. The van der Waals surface area contributed by atoms with Crippen LogP contribution in [0.25, 0.3) is 0 Å². The van der Waals surface area contributed by atoms with Gasteiger partial charge >= 0.3 is 0 Å². The van der Waals surface area contributed by atoms with E-state index in [2.05, 4.69) is 10.6 Å². The van der Waals surface area contributed by atoms with Crippen molar-refractivity contribution in [1.29, 1.82) is 0 Å². The third-order valence-corrected chi connectivity index (χ3v) is 4.79. The highest BCUT2D eigenvalue weighted by molar-refractivity contribution is 5.81. The lowest BCUT2D eigenvalue weighted by molar-refractivity contribution is -0.127. The Hall–Kier alpha value is -1.10. The molecule has 0 aromatic rings. The van der Waals surface area contributed by atoms with Crippen LogP contribution < -0.4 is 10.6 Å². The van der Waals surface area contributed by atoms with Crippen molar-refractivity contribution in [1.82, 2.24) is 10.6 Å². The molecule has 0 bridgehead atoms. The monoisotopic (exact) mass is 312 g/mol. The van der Waals surface area contributed by atoms with Crippen LogP contribution in [0, 0.1) is 5.92 Å². The fraction of sp³-hybridized carbons (Fsp3) is 0.882. The van der Waals surface area contributed by atoms with Crippen molar-refractivity contribution in [2.75, 3.05) is 6.54 Å². The van der Waals surface area contributed by atoms with Crippen LogP contribution in [-0.4, -0.2) is 35.1 Å². The normalized spacial score (nSPS) is 17.8. The van der Waals surface area contributed by atoms with Crippen molar-refractivity contribution in [3.05, 3.63) is 0 Å². The van der Waals surface area contributed by atoms with Gasteiger partial charge in [-0.05, 0) is 32.6 Å². The van der Waals surface area contributed by atoms with Gasteiger partial charge in [0.05, 0.1) is 5.60 Å². The van der Waals surface area contributed by atoms with E-state index < -0.39 is 5.60 Å². The zero-order chi connectivity index (χ0) is 16.6. The highest BCUT2D eigenvalue weighted by Gasteiger charge is 2.25. The topological polar surface area (TPSA) is 78.4 Å². The minimum Gasteiger partial charge on any atom is -0.388 e. The summed E-state index contributed by atoms with van der Waals surface area (Å²) in [6.45, 7) is 5.93. The van der Waals surface area contributed by atoms with E-state index in [1.165, 1.54) is 6.42 Å². The summed E-state index contributed by atoms with van der Waals surface area (Å²) in [7, 11) is 0. The molecule has 3 N–H and O–H groups in total. The van der Waals surface area contributed by atoms with Gasteiger partial charge in [-0.3, -0.25) is 9.59 Å². The predicted octanol–water partition coefficient (Wildman–Crippen LogP) is 2.13. The lowest BCUT2D eigenvalue weighted by atomic mass is 9.88. The quantitative estimate of drug-likeness (QED) is 0.642. The summed E-state index contributed by atoms with van der Waals surface area (Å²) >= 11 is 0. The number of carbonyl (C=O) groups excluding carboxylic acids is 2. The lowest BCUT2D eigenvalue weighted by Crippen LogP contribution is -2.45. The standard InChI is InChI=1S/C17H32N2O3/c1-4-17(22,5-2)12-18-15(20)11-13(3)19-16(21)14-9-7-6-8-10-14/h13-14,22H,4-12H2,1-3H3,(H,18,20)(H,19,21). The zero-order valence-electron chi connectivity index (χ0n) is 14.3.